The zero-order valence-corrected chi connectivity index (χ0v) is 11.9. The van der Waals surface area contributed by atoms with E-state index >= 15 is 0 Å². The molecule has 2 heterocycles. The summed E-state index contributed by atoms with van der Waals surface area (Å²) in [6.45, 7) is 0. The molecule has 4 nitrogen and oxygen atoms in total. The van der Waals surface area contributed by atoms with Crippen LogP contribution in [-0.2, 0) is 0 Å². The van der Waals surface area contributed by atoms with Crippen molar-refractivity contribution in [2.24, 2.45) is 0 Å². The van der Waals surface area contributed by atoms with Gasteiger partial charge in [0.15, 0.2) is 0 Å². The monoisotopic (exact) mass is 278 g/mol. The second kappa shape index (κ2) is 5.28. The van der Waals surface area contributed by atoms with Gasteiger partial charge in [0.25, 0.3) is 5.78 Å². The van der Waals surface area contributed by atoms with Crippen molar-refractivity contribution < 1.29 is 0 Å². The van der Waals surface area contributed by atoms with Crippen LogP contribution in [0.3, 0.4) is 0 Å². The SMILES string of the molecule is c1nc2nc(-c3ccc(C4CCCCC4)cc3)ccn2n1. The molecule has 4 heteroatoms. The van der Waals surface area contributed by atoms with Crippen molar-refractivity contribution in [3.05, 3.63) is 48.4 Å². The lowest BCUT2D eigenvalue weighted by molar-refractivity contribution is 0.443. The molecule has 21 heavy (non-hydrogen) atoms. The fraction of sp³-hybridized carbons (Fsp3) is 0.353. The molecule has 0 atom stereocenters. The third-order valence-corrected chi connectivity index (χ3v) is 4.43. The third-order valence-electron chi connectivity index (χ3n) is 4.43. The zero-order valence-electron chi connectivity index (χ0n) is 11.9. The summed E-state index contributed by atoms with van der Waals surface area (Å²) >= 11 is 0. The standard InChI is InChI=1S/C17H18N4/c1-2-4-13(5-3-1)14-6-8-15(9-7-14)16-10-11-21-17(20-16)18-12-19-21/h6-13H,1-5H2. The Hall–Kier alpha value is -2.23. The van der Waals surface area contributed by atoms with Gasteiger partial charge in [-0.15, -0.1) is 0 Å². The van der Waals surface area contributed by atoms with Gasteiger partial charge >= 0.3 is 0 Å². The van der Waals surface area contributed by atoms with E-state index in [1.807, 2.05) is 12.3 Å². The summed E-state index contributed by atoms with van der Waals surface area (Å²) in [6.07, 6.45) is 10.2. The van der Waals surface area contributed by atoms with E-state index in [0.29, 0.717) is 5.78 Å². The number of benzene rings is 1. The van der Waals surface area contributed by atoms with Crippen molar-refractivity contribution in [3.8, 4) is 11.3 Å². The molecule has 1 aliphatic carbocycles. The molecule has 0 saturated heterocycles. The van der Waals surface area contributed by atoms with Crippen molar-refractivity contribution in [1.82, 2.24) is 19.6 Å². The first kappa shape index (κ1) is 12.5. The normalized spacial score (nSPS) is 16.4. The molecule has 0 N–H and O–H groups in total. The molecule has 0 radical (unpaired) electrons. The van der Waals surface area contributed by atoms with Crippen LogP contribution in [0.4, 0.5) is 0 Å². The molecule has 0 aliphatic heterocycles. The summed E-state index contributed by atoms with van der Waals surface area (Å²) in [6, 6.07) is 10.9. The molecule has 4 rings (SSSR count). The summed E-state index contributed by atoms with van der Waals surface area (Å²) < 4.78 is 1.68. The zero-order chi connectivity index (χ0) is 14.1. The smallest absolute Gasteiger partial charge is 0.211 e. The van der Waals surface area contributed by atoms with E-state index in [4.69, 9.17) is 0 Å². The summed E-state index contributed by atoms with van der Waals surface area (Å²) in [5.74, 6) is 1.39. The van der Waals surface area contributed by atoms with Crippen LogP contribution in [0.25, 0.3) is 17.0 Å². The predicted octanol–water partition coefficient (Wildman–Crippen LogP) is 3.84. The molecule has 1 aliphatic rings. The van der Waals surface area contributed by atoms with Crippen molar-refractivity contribution in [2.75, 3.05) is 0 Å². The summed E-state index contributed by atoms with van der Waals surface area (Å²) in [5, 5.41) is 4.07. The van der Waals surface area contributed by atoms with E-state index < -0.39 is 0 Å². The molecule has 3 aromatic rings. The first-order chi connectivity index (χ1) is 10.4. The predicted molar refractivity (Wildman–Crippen MR) is 82.0 cm³/mol. The molecule has 1 fully saturated rings. The first-order valence-electron chi connectivity index (χ1n) is 7.67. The summed E-state index contributed by atoms with van der Waals surface area (Å²) in [5.41, 5.74) is 3.56. The second-order valence-electron chi connectivity index (χ2n) is 5.77. The van der Waals surface area contributed by atoms with E-state index in [9.17, 15) is 0 Å². The van der Waals surface area contributed by atoms with Crippen molar-refractivity contribution in [3.63, 3.8) is 0 Å². The molecule has 0 bridgehead atoms. The highest BCUT2D eigenvalue weighted by molar-refractivity contribution is 5.60. The Bertz CT molecular complexity index is 739. The van der Waals surface area contributed by atoms with E-state index in [0.717, 1.165) is 17.2 Å². The quantitative estimate of drug-likeness (QED) is 0.715. The number of hydrogen-bond donors (Lipinski definition) is 0. The summed E-state index contributed by atoms with van der Waals surface area (Å²) in [4.78, 5) is 8.67. The lowest BCUT2D eigenvalue weighted by Crippen LogP contribution is -2.04. The van der Waals surface area contributed by atoms with Crippen LogP contribution in [0.15, 0.2) is 42.9 Å². The molecule has 1 aromatic carbocycles. The van der Waals surface area contributed by atoms with Crippen LogP contribution in [0.1, 0.15) is 43.6 Å². The maximum absolute atomic E-state index is 4.54. The molecule has 106 valence electrons. The van der Waals surface area contributed by atoms with Gasteiger partial charge in [-0.1, -0.05) is 43.5 Å². The van der Waals surface area contributed by atoms with Gasteiger partial charge in [-0.25, -0.2) is 9.50 Å². The minimum Gasteiger partial charge on any atom is -0.211 e. The van der Waals surface area contributed by atoms with E-state index in [2.05, 4.69) is 39.3 Å². The fourth-order valence-corrected chi connectivity index (χ4v) is 3.24. The second-order valence-corrected chi connectivity index (χ2v) is 5.77. The van der Waals surface area contributed by atoms with Gasteiger partial charge in [0.1, 0.15) is 6.33 Å². The van der Waals surface area contributed by atoms with Gasteiger partial charge in [0.2, 0.25) is 0 Å². The van der Waals surface area contributed by atoms with Gasteiger partial charge in [-0.2, -0.15) is 10.1 Å². The fourth-order valence-electron chi connectivity index (χ4n) is 3.24. The van der Waals surface area contributed by atoms with Gasteiger partial charge in [-0.05, 0) is 30.4 Å². The lowest BCUT2D eigenvalue weighted by atomic mass is 9.84. The van der Waals surface area contributed by atoms with Gasteiger partial charge in [-0.3, -0.25) is 0 Å². The number of hydrogen-bond acceptors (Lipinski definition) is 3. The minimum atomic E-state index is 0.642. The van der Waals surface area contributed by atoms with Crippen LogP contribution < -0.4 is 0 Å². The highest BCUT2D eigenvalue weighted by Crippen LogP contribution is 2.33. The molecular weight excluding hydrogens is 260 g/mol. The van der Waals surface area contributed by atoms with E-state index in [1.54, 1.807) is 4.52 Å². The third kappa shape index (κ3) is 2.42. The first-order valence-corrected chi connectivity index (χ1v) is 7.67. The van der Waals surface area contributed by atoms with Crippen LogP contribution in [0, 0.1) is 0 Å². The molecule has 1 saturated carbocycles. The van der Waals surface area contributed by atoms with Gasteiger partial charge < -0.3 is 0 Å². The maximum Gasteiger partial charge on any atom is 0.252 e. The minimum absolute atomic E-state index is 0.642. The highest BCUT2D eigenvalue weighted by atomic mass is 15.3. The Morgan fingerprint density at radius 1 is 0.952 bits per heavy atom. The average molecular weight is 278 g/mol. The Labute approximate surface area is 123 Å². The average Bonchev–Trinajstić information content (AvgIpc) is 3.03. The van der Waals surface area contributed by atoms with Crippen LogP contribution >= 0.6 is 0 Å². The van der Waals surface area contributed by atoms with Crippen molar-refractivity contribution in [1.29, 1.82) is 0 Å². The summed E-state index contributed by atoms with van der Waals surface area (Å²) in [7, 11) is 0. The topological polar surface area (TPSA) is 43.1 Å². The Balaban J connectivity index is 1.62. The lowest BCUT2D eigenvalue weighted by Gasteiger charge is -2.22. The Kier molecular flexibility index (Phi) is 3.14. The molecular formula is C17H18N4. The Morgan fingerprint density at radius 2 is 1.76 bits per heavy atom. The van der Waals surface area contributed by atoms with Gasteiger partial charge in [0.05, 0.1) is 5.69 Å². The molecule has 2 aromatic heterocycles. The largest absolute Gasteiger partial charge is 0.252 e. The highest BCUT2D eigenvalue weighted by Gasteiger charge is 2.15. The number of fused-ring (bicyclic) bond motifs is 1. The van der Waals surface area contributed by atoms with Gasteiger partial charge in [0, 0.05) is 11.8 Å². The maximum atomic E-state index is 4.54. The number of aromatic nitrogens is 4. The van der Waals surface area contributed by atoms with Crippen molar-refractivity contribution in [2.45, 2.75) is 38.0 Å². The van der Waals surface area contributed by atoms with Crippen LogP contribution in [-0.4, -0.2) is 19.6 Å². The molecule has 0 unspecified atom stereocenters. The number of nitrogens with zero attached hydrogens (tertiary/aromatic N) is 4. The van der Waals surface area contributed by atoms with E-state index in [1.165, 1.54) is 44.0 Å². The number of rotatable bonds is 2. The van der Waals surface area contributed by atoms with Crippen LogP contribution in [0.2, 0.25) is 0 Å². The molecule has 0 spiro atoms. The van der Waals surface area contributed by atoms with E-state index in [-0.39, 0.29) is 0 Å². The molecule has 0 amide bonds. The van der Waals surface area contributed by atoms with Crippen molar-refractivity contribution >= 4 is 5.78 Å². The van der Waals surface area contributed by atoms with Crippen LogP contribution in [0.5, 0.6) is 0 Å². The Morgan fingerprint density at radius 3 is 2.57 bits per heavy atom.